The molecule has 1 aromatic carbocycles. The number of nitrogens with two attached hydrogens (primary N) is 1. The summed E-state index contributed by atoms with van der Waals surface area (Å²) in [7, 11) is 4.58. The van der Waals surface area contributed by atoms with E-state index in [1.165, 1.54) is 14.2 Å². The van der Waals surface area contributed by atoms with Crippen molar-refractivity contribution in [1.29, 1.82) is 0 Å². The first kappa shape index (κ1) is 14.5. The maximum atomic E-state index is 12.3. The molecule has 0 aromatic heterocycles. The van der Waals surface area contributed by atoms with Gasteiger partial charge in [-0.3, -0.25) is 4.79 Å². The van der Waals surface area contributed by atoms with E-state index in [1.807, 2.05) is 0 Å². The minimum Gasteiger partial charge on any atom is -0.496 e. The average Bonchev–Trinajstić information content (AvgIpc) is 2.42. The van der Waals surface area contributed by atoms with Gasteiger partial charge in [0.25, 0.3) is 0 Å². The Morgan fingerprint density at radius 1 is 1.22 bits per heavy atom. The highest BCUT2D eigenvalue weighted by Crippen LogP contribution is 2.29. The van der Waals surface area contributed by atoms with Crippen LogP contribution in [-0.2, 0) is 4.74 Å². The molecule has 18 heavy (non-hydrogen) atoms. The van der Waals surface area contributed by atoms with Gasteiger partial charge in [-0.05, 0) is 18.6 Å². The lowest BCUT2D eigenvalue weighted by Crippen LogP contribution is -2.32. The smallest absolute Gasteiger partial charge is 0.187 e. The Labute approximate surface area is 107 Å². The molecular weight excluding hydrogens is 234 g/mol. The number of rotatable bonds is 7. The van der Waals surface area contributed by atoms with Crippen molar-refractivity contribution in [2.45, 2.75) is 12.5 Å². The molecule has 0 saturated heterocycles. The molecule has 0 amide bonds. The highest BCUT2D eigenvalue weighted by molar-refractivity contribution is 6.04. The van der Waals surface area contributed by atoms with Crippen molar-refractivity contribution in [2.24, 2.45) is 5.73 Å². The molecule has 100 valence electrons. The lowest BCUT2D eigenvalue weighted by atomic mass is 10.0. The van der Waals surface area contributed by atoms with Crippen molar-refractivity contribution in [3.63, 3.8) is 0 Å². The summed E-state index contributed by atoms with van der Waals surface area (Å²) in [5.41, 5.74) is 6.22. The molecule has 0 radical (unpaired) electrons. The van der Waals surface area contributed by atoms with Crippen LogP contribution in [0.15, 0.2) is 18.2 Å². The summed E-state index contributed by atoms with van der Waals surface area (Å²) in [6.07, 6.45) is 0.455. The highest BCUT2D eigenvalue weighted by Gasteiger charge is 2.23. The summed E-state index contributed by atoms with van der Waals surface area (Å²) in [5, 5.41) is 0. The predicted molar refractivity (Wildman–Crippen MR) is 68.3 cm³/mol. The quantitative estimate of drug-likeness (QED) is 0.740. The molecule has 2 N–H and O–H groups in total. The first-order valence-electron chi connectivity index (χ1n) is 5.65. The van der Waals surface area contributed by atoms with Crippen molar-refractivity contribution in [3.05, 3.63) is 23.8 Å². The fourth-order valence-electron chi connectivity index (χ4n) is 1.66. The van der Waals surface area contributed by atoms with E-state index in [-0.39, 0.29) is 5.78 Å². The molecule has 5 heteroatoms. The number of hydrogen-bond donors (Lipinski definition) is 1. The largest absolute Gasteiger partial charge is 0.496 e. The molecule has 0 aliphatic rings. The van der Waals surface area contributed by atoms with Crippen molar-refractivity contribution in [1.82, 2.24) is 0 Å². The number of ketones is 1. The molecule has 5 nitrogen and oxygen atoms in total. The second kappa shape index (κ2) is 6.98. The topological polar surface area (TPSA) is 70.8 Å². The third-order valence-corrected chi connectivity index (χ3v) is 2.64. The van der Waals surface area contributed by atoms with Crippen LogP contribution < -0.4 is 15.2 Å². The van der Waals surface area contributed by atoms with Gasteiger partial charge in [0, 0.05) is 13.7 Å². The lowest BCUT2D eigenvalue weighted by molar-refractivity contribution is 0.0929. The van der Waals surface area contributed by atoms with Gasteiger partial charge in [-0.25, -0.2) is 0 Å². The number of carbonyl (C=O) groups excluding carboxylic acids is 1. The Morgan fingerprint density at radius 2 is 1.78 bits per heavy atom. The number of hydrogen-bond acceptors (Lipinski definition) is 5. The number of methoxy groups -OCH3 is 3. The summed E-state index contributed by atoms with van der Waals surface area (Å²) < 4.78 is 15.3. The second-order valence-corrected chi connectivity index (χ2v) is 3.79. The summed E-state index contributed by atoms with van der Waals surface area (Å²) in [6.45, 7) is 0.435. The van der Waals surface area contributed by atoms with E-state index in [2.05, 4.69) is 0 Å². The standard InChI is InChI=1S/C13H19NO4/c1-16-8-7-9(14)13(15)12-10(17-2)5-4-6-11(12)18-3/h4-6,9H,7-8,14H2,1-3H3. The molecule has 0 heterocycles. The van der Waals surface area contributed by atoms with E-state index in [0.29, 0.717) is 30.1 Å². The Bertz CT molecular complexity index is 384. The summed E-state index contributed by atoms with van der Waals surface area (Å²) in [4.78, 5) is 12.3. The van der Waals surface area contributed by atoms with Crippen molar-refractivity contribution in [2.75, 3.05) is 27.9 Å². The Morgan fingerprint density at radius 3 is 2.22 bits per heavy atom. The van der Waals surface area contributed by atoms with Crippen molar-refractivity contribution in [3.8, 4) is 11.5 Å². The lowest BCUT2D eigenvalue weighted by Gasteiger charge is -2.15. The zero-order valence-electron chi connectivity index (χ0n) is 10.9. The van der Waals surface area contributed by atoms with E-state index in [0.717, 1.165) is 0 Å². The Balaban J connectivity index is 3.02. The minimum atomic E-state index is -0.629. The molecule has 0 saturated carbocycles. The van der Waals surface area contributed by atoms with Crippen LogP contribution in [0.4, 0.5) is 0 Å². The molecule has 1 aromatic rings. The van der Waals surface area contributed by atoms with E-state index >= 15 is 0 Å². The normalized spacial score (nSPS) is 12.0. The van der Waals surface area contributed by atoms with E-state index in [9.17, 15) is 4.79 Å². The van der Waals surface area contributed by atoms with Crippen molar-refractivity contribution < 1.29 is 19.0 Å². The van der Waals surface area contributed by atoms with Crippen LogP contribution in [0.2, 0.25) is 0 Å². The summed E-state index contributed by atoms with van der Waals surface area (Å²) in [5.74, 6) is 0.723. The summed E-state index contributed by atoms with van der Waals surface area (Å²) >= 11 is 0. The molecule has 1 unspecified atom stereocenters. The molecule has 0 aliphatic carbocycles. The van der Waals surface area contributed by atoms with Crippen LogP contribution in [0.3, 0.4) is 0 Å². The molecule has 1 rings (SSSR count). The molecular formula is C13H19NO4. The van der Waals surface area contributed by atoms with Gasteiger partial charge in [0.15, 0.2) is 5.78 Å². The molecule has 1 atom stereocenters. The SMILES string of the molecule is COCCC(N)C(=O)c1c(OC)cccc1OC. The van der Waals surface area contributed by atoms with Crippen LogP contribution >= 0.6 is 0 Å². The van der Waals surface area contributed by atoms with Gasteiger partial charge >= 0.3 is 0 Å². The van der Waals surface area contributed by atoms with E-state index in [4.69, 9.17) is 19.9 Å². The van der Waals surface area contributed by atoms with Gasteiger partial charge in [0.1, 0.15) is 17.1 Å². The van der Waals surface area contributed by atoms with Crippen LogP contribution in [0.1, 0.15) is 16.8 Å². The van der Waals surface area contributed by atoms with Gasteiger partial charge in [-0.2, -0.15) is 0 Å². The fraction of sp³-hybridized carbons (Fsp3) is 0.462. The average molecular weight is 253 g/mol. The van der Waals surface area contributed by atoms with Gasteiger partial charge in [-0.1, -0.05) is 6.07 Å². The van der Waals surface area contributed by atoms with Crippen LogP contribution in [0, 0.1) is 0 Å². The number of benzene rings is 1. The Kier molecular flexibility index (Phi) is 5.61. The third-order valence-electron chi connectivity index (χ3n) is 2.64. The van der Waals surface area contributed by atoms with Crippen LogP contribution in [-0.4, -0.2) is 39.8 Å². The predicted octanol–water partition coefficient (Wildman–Crippen LogP) is 1.25. The zero-order chi connectivity index (χ0) is 13.5. The fourth-order valence-corrected chi connectivity index (χ4v) is 1.66. The molecule has 0 bridgehead atoms. The van der Waals surface area contributed by atoms with Gasteiger partial charge in [-0.15, -0.1) is 0 Å². The maximum Gasteiger partial charge on any atom is 0.187 e. The van der Waals surface area contributed by atoms with Crippen LogP contribution in [0.5, 0.6) is 11.5 Å². The first-order chi connectivity index (χ1) is 8.65. The number of ether oxygens (including phenoxy) is 3. The molecule has 0 fully saturated rings. The van der Waals surface area contributed by atoms with E-state index < -0.39 is 6.04 Å². The van der Waals surface area contributed by atoms with Crippen LogP contribution in [0.25, 0.3) is 0 Å². The van der Waals surface area contributed by atoms with Gasteiger partial charge < -0.3 is 19.9 Å². The third kappa shape index (κ3) is 3.21. The maximum absolute atomic E-state index is 12.3. The minimum absolute atomic E-state index is 0.207. The second-order valence-electron chi connectivity index (χ2n) is 3.79. The summed E-state index contributed by atoms with van der Waals surface area (Å²) in [6, 6.07) is 4.54. The van der Waals surface area contributed by atoms with Crippen molar-refractivity contribution >= 4 is 5.78 Å². The molecule has 0 spiro atoms. The highest BCUT2D eigenvalue weighted by atomic mass is 16.5. The first-order valence-corrected chi connectivity index (χ1v) is 5.65. The molecule has 0 aliphatic heterocycles. The zero-order valence-corrected chi connectivity index (χ0v) is 10.9. The Hall–Kier alpha value is -1.59. The van der Waals surface area contributed by atoms with Gasteiger partial charge in [0.05, 0.1) is 20.3 Å². The van der Waals surface area contributed by atoms with Gasteiger partial charge in [0.2, 0.25) is 0 Å². The van der Waals surface area contributed by atoms with E-state index in [1.54, 1.807) is 25.3 Å². The number of Topliss-reactive ketones (excluding diaryl/α,β-unsaturated/α-hetero) is 1. The monoisotopic (exact) mass is 253 g/mol. The number of carbonyl (C=O) groups is 1.